The van der Waals surface area contributed by atoms with Gasteiger partial charge in [-0.25, -0.2) is 0 Å². The Morgan fingerprint density at radius 1 is 1.38 bits per heavy atom. The van der Waals surface area contributed by atoms with E-state index in [9.17, 15) is 0 Å². The third-order valence-corrected chi connectivity index (χ3v) is 2.68. The van der Waals surface area contributed by atoms with Gasteiger partial charge in [-0.2, -0.15) is 0 Å². The Hall–Kier alpha value is -0.0400. The predicted molar refractivity (Wildman–Crippen MR) is 33.8 cm³/mol. The molecule has 1 aliphatic heterocycles. The molecule has 0 spiro atoms. The molecule has 0 amide bonds. The van der Waals surface area contributed by atoms with Crippen LogP contribution < -0.4 is 0 Å². The fourth-order valence-electron chi connectivity index (χ4n) is 2.17. The molecule has 2 fully saturated rings. The van der Waals surface area contributed by atoms with Crippen LogP contribution in [-0.2, 0) is 0 Å². The molecule has 1 nitrogen and oxygen atoms in total. The molecule has 2 bridgehead atoms. The van der Waals surface area contributed by atoms with Crippen molar-refractivity contribution in [2.45, 2.75) is 25.3 Å². The van der Waals surface area contributed by atoms with Crippen molar-refractivity contribution in [1.82, 2.24) is 4.90 Å². The van der Waals surface area contributed by atoms with Crippen LogP contribution in [0.4, 0.5) is 0 Å². The predicted octanol–water partition coefficient (Wildman–Crippen LogP) is 1.10. The molecule has 0 aromatic carbocycles. The summed E-state index contributed by atoms with van der Waals surface area (Å²) < 4.78 is 0. The summed E-state index contributed by atoms with van der Waals surface area (Å²) in [6, 6.07) is 0.972. The lowest BCUT2D eigenvalue weighted by molar-refractivity contribution is 0.261. The summed E-state index contributed by atoms with van der Waals surface area (Å²) in [6.45, 7) is 1.38. The molecule has 0 aromatic rings. The van der Waals surface area contributed by atoms with Gasteiger partial charge in [0.2, 0.25) is 0 Å². The Labute approximate surface area is 50.7 Å². The van der Waals surface area contributed by atoms with E-state index in [1.54, 1.807) is 0 Å². The van der Waals surface area contributed by atoms with Crippen molar-refractivity contribution >= 4 is 0 Å². The van der Waals surface area contributed by atoms with E-state index in [-0.39, 0.29) is 0 Å². The zero-order valence-electron chi connectivity index (χ0n) is 5.43. The first-order valence-corrected chi connectivity index (χ1v) is 3.56. The normalized spacial score (nSPS) is 46.1. The number of likely N-dealkylation sites (tertiary alicyclic amines) is 1. The van der Waals surface area contributed by atoms with Crippen molar-refractivity contribution in [3.05, 3.63) is 0 Å². The molecule has 46 valence electrons. The average Bonchev–Trinajstić information content (AvgIpc) is 2.23. The van der Waals surface area contributed by atoms with E-state index >= 15 is 0 Å². The van der Waals surface area contributed by atoms with E-state index in [1.807, 2.05) is 0 Å². The van der Waals surface area contributed by atoms with Gasteiger partial charge >= 0.3 is 0 Å². The number of piperidine rings is 1. The minimum atomic E-state index is 0.972. The fraction of sp³-hybridized carbons (Fsp3) is 1.00. The lowest BCUT2D eigenvalue weighted by Crippen LogP contribution is -2.27. The van der Waals surface area contributed by atoms with Gasteiger partial charge in [-0.3, -0.25) is 0 Å². The van der Waals surface area contributed by atoms with E-state index < -0.39 is 0 Å². The van der Waals surface area contributed by atoms with E-state index in [4.69, 9.17) is 0 Å². The molecule has 0 unspecified atom stereocenters. The highest BCUT2D eigenvalue weighted by Crippen LogP contribution is 2.35. The zero-order valence-corrected chi connectivity index (χ0v) is 5.43. The van der Waals surface area contributed by atoms with Crippen LogP contribution in [-0.4, -0.2) is 24.5 Å². The smallest absolute Gasteiger partial charge is 0.00955 e. The van der Waals surface area contributed by atoms with Gasteiger partial charge in [0.1, 0.15) is 0 Å². The fourth-order valence-corrected chi connectivity index (χ4v) is 2.17. The first-order chi connectivity index (χ1) is 3.86. The molecule has 8 heavy (non-hydrogen) atoms. The first kappa shape index (κ1) is 4.80. The Morgan fingerprint density at radius 2 is 2.25 bits per heavy atom. The minimum Gasteiger partial charge on any atom is -0.303 e. The Kier molecular flexibility index (Phi) is 0.884. The van der Waals surface area contributed by atoms with Gasteiger partial charge in [-0.1, -0.05) is 0 Å². The molecule has 1 aliphatic carbocycles. The standard InChI is InChI=1S/C7H13N/c1-8-5-6-2-3-7(8)4-6/h6-7H,2-5H2,1H3/t6-,7-/m1/s1. The highest BCUT2D eigenvalue weighted by Gasteiger charge is 2.34. The number of hydrogen-bond acceptors (Lipinski definition) is 1. The molecule has 0 aromatic heterocycles. The van der Waals surface area contributed by atoms with E-state index in [0.29, 0.717) is 0 Å². The van der Waals surface area contributed by atoms with Crippen molar-refractivity contribution in [3.63, 3.8) is 0 Å². The average molecular weight is 111 g/mol. The van der Waals surface area contributed by atoms with Crippen molar-refractivity contribution in [2.24, 2.45) is 5.92 Å². The third kappa shape index (κ3) is 0.510. The molecule has 1 heterocycles. The molecule has 1 saturated carbocycles. The maximum absolute atomic E-state index is 2.51. The SMILES string of the molecule is CN1C[C@@H]2CC[C@@H]1C2. The Bertz CT molecular complexity index is 98.6. The second-order valence-corrected chi connectivity index (χ2v) is 3.27. The summed E-state index contributed by atoms with van der Waals surface area (Å²) in [5, 5.41) is 0. The van der Waals surface area contributed by atoms with E-state index in [1.165, 1.54) is 25.8 Å². The number of nitrogens with zero attached hydrogens (tertiary/aromatic N) is 1. The van der Waals surface area contributed by atoms with Crippen molar-refractivity contribution in [2.75, 3.05) is 13.6 Å². The van der Waals surface area contributed by atoms with Gasteiger partial charge < -0.3 is 4.90 Å². The molecular weight excluding hydrogens is 98.1 g/mol. The van der Waals surface area contributed by atoms with Crippen LogP contribution >= 0.6 is 0 Å². The topological polar surface area (TPSA) is 3.24 Å². The summed E-state index contributed by atoms with van der Waals surface area (Å²) >= 11 is 0. The highest BCUT2D eigenvalue weighted by atomic mass is 15.2. The molecular formula is C7H13N. The summed E-state index contributed by atoms with van der Waals surface area (Å²) in [7, 11) is 2.25. The van der Waals surface area contributed by atoms with Gasteiger partial charge in [0.15, 0.2) is 0 Å². The largest absolute Gasteiger partial charge is 0.303 e. The van der Waals surface area contributed by atoms with Crippen molar-refractivity contribution < 1.29 is 0 Å². The maximum Gasteiger partial charge on any atom is 0.00955 e. The second-order valence-electron chi connectivity index (χ2n) is 3.27. The highest BCUT2D eigenvalue weighted by molar-refractivity contribution is 4.89. The van der Waals surface area contributed by atoms with Crippen LogP contribution in [0.2, 0.25) is 0 Å². The van der Waals surface area contributed by atoms with Crippen molar-refractivity contribution in [1.29, 1.82) is 0 Å². The lowest BCUT2D eigenvalue weighted by atomic mass is 10.1. The summed E-state index contributed by atoms with van der Waals surface area (Å²) in [6.07, 6.45) is 4.48. The molecule has 0 N–H and O–H groups in total. The van der Waals surface area contributed by atoms with Crippen LogP contribution in [0.5, 0.6) is 0 Å². The Balaban J connectivity index is 2.11. The second kappa shape index (κ2) is 1.47. The number of fused-ring (bicyclic) bond motifs is 2. The minimum absolute atomic E-state index is 0.972. The quantitative estimate of drug-likeness (QED) is 0.452. The summed E-state index contributed by atoms with van der Waals surface area (Å²) in [5.74, 6) is 1.07. The van der Waals surface area contributed by atoms with Crippen LogP contribution in [0.15, 0.2) is 0 Å². The third-order valence-electron chi connectivity index (χ3n) is 2.68. The van der Waals surface area contributed by atoms with Crippen LogP contribution in [0, 0.1) is 5.92 Å². The summed E-state index contributed by atoms with van der Waals surface area (Å²) in [5.41, 5.74) is 0. The summed E-state index contributed by atoms with van der Waals surface area (Å²) in [4.78, 5) is 2.51. The van der Waals surface area contributed by atoms with E-state index in [2.05, 4.69) is 11.9 Å². The van der Waals surface area contributed by atoms with Crippen LogP contribution in [0.1, 0.15) is 19.3 Å². The molecule has 2 aliphatic rings. The molecule has 1 heteroatoms. The van der Waals surface area contributed by atoms with E-state index in [0.717, 1.165) is 12.0 Å². The monoisotopic (exact) mass is 111 g/mol. The molecule has 2 rings (SSSR count). The lowest BCUT2D eigenvalue weighted by Gasteiger charge is -2.20. The van der Waals surface area contributed by atoms with Gasteiger partial charge in [0, 0.05) is 12.6 Å². The number of hydrogen-bond donors (Lipinski definition) is 0. The van der Waals surface area contributed by atoms with Crippen LogP contribution in [0.25, 0.3) is 0 Å². The Morgan fingerprint density at radius 3 is 2.50 bits per heavy atom. The van der Waals surface area contributed by atoms with Gasteiger partial charge in [-0.05, 0) is 32.2 Å². The van der Waals surface area contributed by atoms with Gasteiger partial charge in [0.05, 0.1) is 0 Å². The molecule has 1 saturated heterocycles. The van der Waals surface area contributed by atoms with Crippen LogP contribution in [0.3, 0.4) is 0 Å². The van der Waals surface area contributed by atoms with Gasteiger partial charge in [0.25, 0.3) is 0 Å². The first-order valence-electron chi connectivity index (χ1n) is 3.56. The van der Waals surface area contributed by atoms with Gasteiger partial charge in [-0.15, -0.1) is 0 Å². The number of rotatable bonds is 0. The molecule has 2 atom stereocenters. The zero-order chi connectivity index (χ0) is 5.56. The van der Waals surface area contributed by atoms with Crippen molar-refractivity contribution in [3.8, 4) is 0 Å². The molecule has 0 radical (unpaired) electrons. The maximum atomic E-state index is 2.51.